The number of hydrogen-bond donors (Lipinski definition) is 3. The van der Waals surface area contributed by atoms with Crippen LogP contribution in [0.2, 0.25) is 0 Å². The highest BCUT2D eigenvalue weighted by Gasteiger charge is 2.28. The Hall–Kier alpha value is -2.44. The molecule has 106 valence electrons. The molecule has 3 N–H and O–H groups in total. The van der Waals surface area contributed by atoms with E-state index in [1.807, 2.05) is 0 Å². The van der Waals surface area contributed by atoms with E-state index >= 15 is 0 Å². The molecule has 2 rings (SSSR count). The molecule has 1 aliphatic rings. The molecular weight excluding hydrogens is 262 g/mol. The third-order valence-corrected chi connectivity index (χ3v) is 2.90. The SMILES string of the molecule is O=C(NCCNC(=O)C1CC1)c1ccc(C(=O)O)nc1. The quantitative estimate of drug-likeness (QED) is 0.636. The Morgan fingerprint density at radius 2 is 1.90 bits per heavy atom. The summed E-state index contributed by atoms with van der Waals surface area (Å²) in [4.78, 5) is 37.3. The number of hydrogen-bond acceptors (Lipinski definition) is 4. The van der Waals surface area contributed by atoms with Crippen LogP contribution in [0.25, 0.3) is 0 Å². The molecule has 0 atom stereocenters. The number of rotatable bonds is 6. The molecule has 7 nitrogen and oxygen atoms in total. The van der Waals surface area contributed by atoms with Gasteiger partial charge in [0.2, 0.25) is 5.91 Å². The van der Waals surface area contributed by atoms with Crippen molar-refractivity contribution in [1.82, 2.24) is 15.6 Å². The molecule has 1 aliphatic carbocycles. The van der Waals surface area contributed by atoms with Crippen LogP contribution in [0, 0.1) is 5.92 Å². The maximum atomic E-state index is 11.7. The van der Waals surface area contributed by atoms with Gasteiger partial charge in [-0.15, -0.1) is 0 Å². The minimum atomic E-state index is -1.14. The van der Waals surface area contributed by atoms with Crippen molar-refractivity contribution >= 4 is 17.8 Å². The third kappa shape index (κ3) is 3.78. The number of aromatic nitrogens is 1. The van der Waals surface area contributed by atoms with Gasteiger partial charge in [0.15, 0.2) is 0 Å². The Balaban J connectivity index is 1.73. The summed E-state index contributed by atoms with van der Waals surface area (Å²) in [6, 6.07) is 2.67. The fourth-order valence-electron chi connectivity index (χ4n) is 1.61. The summed E-state index contributed by atoms with van der Waals surface area (Å²) in [6.07, 6.45) is 3.10. The second-order valence-corrected chi connectivity index (χ2v) is 4.56. The standard InChI is InChI=1S/C13H15N3O4/c17-11(8-1-2-8)14-5-6-15-12(18)9-3-4-10(13(19)20)16-7-9/h3-4,7-8H,1-2,5-6H2,(H,14,17)(H,15,18)(H,19,20). The Morgan fingerprint density at radius 3 is 2.45 bits per heavy atom. The van der Waals surface area contributed by atoms with Gasteiger partial charge in [-0.3, -0.25) is 9.59 Å². The Bertz CT molecular complexity index is 523. The van der Waals surface area contributed by atoms with Gasteiger partial charge in [0.05, 0.1) is 5.56 Å². The number of nitrogens with zero attached hydrogens (tertiary/aromatic N) is 1. The van der Waals surface area contributed by atoms with E-state index in [0.29, 0.717) is 13.1 Å². The first-order chi connectivity index (χ1) is 9.58. The number of carboxylic acids is 1. The molecule has 0 bridgehead atoms. The normalized spacial score (nSPS) is 13.6. The maximum Gasteiger partial charge on any atom is 0.354 e. The second-order valence-electron chi connectivity index (χ2n) is 4.56. The predicted octanol–water partition coefficient (Wildman–Crippen LogP) is 0.0358. The summed E-state index contributed by atoms with van der Waals surface area (Å²) in [5.74, 6) is -1.31. The van der Waals surface area contributed by atoms with Crippen molar-refractivity contribution in [2.45, 2.75) is 12.8 Å². The lowest BCUT2D eigenvalue weighted by atomic mass is 10.2. The van der Waals surface area contributed by atoms with E-state index in [1.165, 1.54) is 18.3 Å². The maximum absolute atomic E-state index is 11.7. The van der Waals surface area contributed by atoms with Crippen LogP contribution in [0.4, 0.5) is 0 Å². The molecule has 0 aromatic carbocycles. The van der Waals surface area contributed by atoms with Crippen molar-refractivity contribution in [3.8, 4) is 0 Å². The molecule has 0 aliphatic heterocycles. The molecule has 1 heterocycles. The van der Waals surface area contributed by atoms with E-state index in [2.05, 4.69) is 15.6 Å². The topological polar surface area (TPSA) is 108 Å². The van der Waals surface area contributed by atoms with Gasteiger partial charge >= 0.3 is 5.97 Å². The molecule has 1 aromatic heterocycles. The minimum absolute atomic E-state index is 0.0340. The van der Waals surface area contributed by atoms with Gasteiger partial charge in [-0.1, -0.05) is 0 Å². The van der Waals surface area contributed by atoms with Crippen LogP contribution in [0.15, 0.2) is 18.3 Å². The van der Waals surface area contributed by atoms with Crippen LogP contribution in [0.3, 0.4) is 0 Å². The van der Waals surface area contributed by atoms with Crippen LogP contribution < -0.4 is 10.6 Å². The zero-order valence-electron chi connectivity index (χ0n) is 10.8. The molecule has 0 radical (unpaired) electrons. The number of carboxylic acid groups (broad SMARTS) is 1. The Morgan fingerprint density at radius 1 is 1.20 bits per heavy atom. The highest BCUT2D eigenvalue weighted by molar-refractivity contribution is 5.94. The summed E-state index contributed by atoms with van der Waals surface area (Å²) in [5.41, 5.74) is 0.168. The molecule has 1 aromatic rings. The molecule has 1 fully saturated rings. The summed E-state index contributed by atoms with van der Waals surface area (Å²) < 4.78 is 0. The summed E-state index contributed by atoms with van der Waals surface area (Å²) >= 11 is 0. The number of amides is 2. The summed E-state index contributed by atoms with van der Waals surface area (Å²) in [7, 11) is 0. The third-order valence-electron chi connectivity index (χ3n) is 2.90. The van der Waals surface area contributed by atoms with Crippen molar-refractivity contribution in [3.05, 3.63) is 29.6 Å². The average Bonchev–Trinajstić information content (AvgIpc) is 3.27. The number of pyridine rings is 1. The molecule has 1 saturated carbocycles. The summed E-state index contributed by atoms with van der Waals surface area (Å²) in [6.45, 7) is 0.694. The lowest BCUT2D eigenvalue weighted by Gasteiger charge is -2.06. The number of nitrogens with one attached hydrogen (secondary N) is 2. The van der Waals surface area contributed by atoms with Crippen LogP contribution in [0.5, 0.6) is 0 Å². The fourth-order valence-corrected chi connectivity index (χ4v) is 1.61. The van der Waals surface area contributed by atoms with E-state index in [9.17, 15) is 14.4 Å². The van der Waals surface area contributed by atoms with E-state index in [1.54, 1.807) is 0 Å². The zero-order valence-corrected chi connectivity index (χ0v) is 10.8. The van der Waals surface area contributed by atoms with Crippen molar-refractivity contribution in [2.24, 2.45) is 5.92 Å². The first-order valence-corrected chi connectivity index (χ1v) is 6.33. The molecule has 0 saturated heterocycles. The monoisotopic (exact) mass is 277 g/mol. The van der Waals surface area contributed by atoms with Crippen molar-refractivity contribution < 1.29 is 19.5 Å². The van der Waals surface area contributed by atoms with Crippen molar-refractivity contribution in [3.63, 3.8) is 0 Å². The fraction of sp³-hybridized carbons (Fsp3) is 0.385. The van der Waals surface area contributed by atoms with Crippen LogP contribution in [-0.4, -0.2) is 41.0 Å². The Kier molecular flexibility index (Phi) is 4.29. The highest BCUT2D eigenvalue weighted by Crippen LogP contribution is 2.28. The summed E-state index contributed by atoms with van der Waals surface area (Å²) in [5, 5.41) is 14.0. The van der Waals surface area contributed by atoms with Gasteiger partial charge in [0.1, 0.15) is 5.69 Å². The van der Waals surface area contributed by atoms with Crippen molar-refractivity contribution in [1.29, 1.82) is 0 Å². The van der Waals surface area contributed by atoms with Crippen LogP contribution in [0.1, 0.15) is 33.7 Å². The lowest BCUT2D eigenvalue weighted by molar-refractivity contribution is -0.122. The largest absolute Gasteiger partial charge is 0.477 e. The van der Waals surface area contributed by atoms with Gasteiger partial charge in [0, 0.05) is 25.2 Å². The van der Waals surface area contributed by atoms with Gasteiger partial charge in [-0.25, -0.2) is 9.78 Å². The molecule has 2 amide bonds. The first kappa shape index (κ1) is 14.0. The smallest absolute Gasteiger partial charge is 0.354 e. The lowest BCUT2D eigenvalue weighted by Crippen LogP contribution is -2.35. The van der Waals surface area contributed by atoms with E-state index in [4.69, 9.17) is 5.11 Å². The average molecular weight is 277 g/mol. The Labute approximate surface area is 115 Å². The first-order valence-electron chi connectivity index (χ1n) is 6.33. The van der Waals surface area contributed by atoms with Crippen molar-refractivity contribution in [2.75, 3.05) is 13.1 Å². The van der Waals surface area contributed by atoms with Gasteiger partial charge in [-0.05, 0) is 25.0 Å². The number of carbonyl (C=O) groups is 3. The minimum Gasteiger partial charge on any atom is -0.477 e. The molecule has 0 spiro atoms. The molecule has 7 heteroatoms. The van der Waals surface area contributed by atoms with E-state index in [-0.39, 0.29) is 29.0 Å². The predicted molar refractivity (Wildman–Crippen MR) is 69.3 cm³/mol. The van der Waals surface area contributed by atoms with E-state index < -0.39 is 5.97 Å². The number of carbonyl (C=O) groups excluding carboxylic acids is 2. The molecule has 20 heavy (non-hydrogen) atoms. The van der Waals surface area contributed by atoms with Crippen LogP contribution >= 0.6 is 0 Å². The second kappa shape index (κ2) is 6.14. The van der Waals surface area contributed by atoms with Gasteiger partial charge < -0.3 is 15.7 Å². The van der Waals surface area contributed by atoms with E-state index in [0.717, 1.165) is 12.8 Å². The van der Waals surface area contributed by atoms with Crippen LogP contribution in [-0.2, 0) is 4.79 Å². The molecule has 0 unspecified atom stereocenters. The van der Waals surface area contributed by atoms with Gasteiger partial charge in [0.25, 0.3) is 5.91 Å². The zero-order chi connectivity index (χ0) is 14.5. The highest BCUT2D eigenvalue weighted by atomic mass is 16.4. The number of aromatic carboxylic acids is 1. The molecular formula is C13H15N3O4. The van der Waals surface area contributed by atoms with Gasteiger partial charge in [-0.2, -0.15) is 0 Å².